The van der Waals surface area contributed by atoms with Crippen molar-refractivity contribution in [3.8, 4) is 28.3 Å². The molecule has 4 heterocycles. The smallest absolute Gasteiger partial charge is 0.203 e. The molecule has 0 aliphatic carbocycles. The summed E-state index contributed by atoms with van der Waals surface area (Å²) in [6.45, 7) is 2.82. The molecule has 2 aliphatic rings. The maximum absolute atomic E-state index is 13.4. The summed E-state index contributed by atoms with van der Waals surface area (Å²) < 4.78 is 17.4. The molecule has 0 unspecified atom stereocenters. The van der Waals surface area contributed by atoms with Crippen LogP contribution < -0.4 is 4.90 Å². The number of rotatable bonds is 3. The van der Waals surface area contributed by atoms with Gasteiger partial charge in [-0.05, 0) is 84.9 Å². The number of hydrogen-bond donors (Lipinski definition) is 0. The van der Waals surface area contributed by atoms with Crippen LogP contribution in [0.2, 0.25) is 0 Å². The molecular formula is C25H26FN7. The van der Waals surface area contributed by atoms with E-state index in [4.69, 9.17) is 0 Å². The van der Waals surface area contributed by atoms with Crippen LogP contribution in [0.3, 0.4) is 0 Å². The Bertz CT molecular complexity index is 1300. The molecule has 8 heteroatoms. The minimum absolute atomic E-state index is 0.237. The van der Waals surface area contributed by atoms with Crippen molar-refractivity contribution in [2.45, 2.75) is 25.4 Å². The van der Waals surface area contributed by atoms with Gasteiger partial charge < -0.3 is 14.4 Å². The molecule has 33 heavy (non-hydrogen) atoms. The molecule has 0 N–H and O–H groups in total. The van der Waals surface area contributed by atoms with Crippen molar-refractivity contribution in [3.63, 3.8) is 0 Å². The maximum atomic E-state index is 13.4. The molecule has 1 fully saturated rings. The number of anilines is 1. The van der Waals surface area contributed by atoms with E-state index in [1.807, 2.05) is 4.68 Å². The fraction of sp³-hybridized carbons (Fsp3) is 0.320. The number of piperidine rings is 1. The van der Waals surface area contributed by atoms with Gasteiger partial charge in [-0.25, -0.2) is 4.39 Å². The zero-order chi connectivity index (χ0) is 22.5. The number of halogens is 1. The van der Waals surface area contributed by atoms with Gasteiger partial charge in [0.15, 0.2) is 0 Å². The van der Waals surface area contributed by atoms with Crippen LogP contribution in [0.15, 0.2) is 54.7 Å². The summed E-state index contributed by atoms with van der Waals surface area (Å²) in [5.74, 6) is 0.473. The minimum Gasteiger partial charge on any atom is -0.371 e. The molecule has 7 nitrogen and oxygen atoms in total. The summed E-state index contributed by atoms with van der Waals surface area (Å²) >= 11 is 0. The summed E-state index contributed by atoms with van der Waals surface area (Å²) in [6.07, 6.45) is 4.44. The normalized spacial score (nSPS) is 15.8. The standard InChI is InChI=1S/C25H26FN7/c1-30(2)21-9-11-31(12-10-21)22-7-8-23-19(13-22)16-32-15-18(17-3-5-20(26)6-4-17)14-24(32)25-27-28-29-33(23)25/h3-8,13-15,21H,9-12,16H2,1-2H3. The van der Waals surface area contributed by atoms with Crippen LogP contribution in [0.1, 0.15) is 18.4 Å². The second kappa shape index (κ2) is 7.81. The number of benzene rings is 2. The first-order valence-electron chi connectivity index (χ1n) is 11.4. The molecule has 2 aromatic heterocycles. The molecule has 168 valence electrons. The Kier molecular flexibility index (Phi) is 4.76. The summed E-state index contributed by atoms with van der Waals surface area (Å²) in [7, 11) is 4.34. The monoisotopic (exact) mass is 443 g/mol. The highest BCUT2D eigenvalue weighted by Crippen LogP contribution is 2.34. The predicted molar refractivity (Wildman–Crippen MR) is 126 cm³/mol. The first-order valence-corrected chi connectivity index (χ1v) is 11.4. The Morgan fingerprint density at radius 3 is 2.52 bits per heavy atom. The topological polar surface area (TPSA) is 55.0 Å². The fourth-order valence-electron chi connectivity index (χ4n) is 5.06. The highest BCUT2D eigenvalue weighted by molar-refractivity contribution is 5.71. The molecule has 0 spiro atoms. The Morgan fingerprint density at radius 2 is 1.76 bits per heavy atom. The lowest BCUT2D eigenvalue weighted by molar-refractivity contribution is 0.249. The van der Waals surface area contributed by atoms with Gasteiger partial charge in [0, 0.05) is 43.1 Å². The fourth-order valence-corrected chi connectivity index (χ4v) is 5.06. The van der Waals surface area contributed by atoms with Crippen LogP contribution in [0, 0.1) is 5.82 Å². The highest BCUT2D eigenvalue weighted by Gasteiger charge is 2.25. The van der Waals surface area contributed by atoms with Crippen LogP contribution in [0.4, 0.5) is 10.1 Å². The molecule has 0 saturated carbocycles. The van der Waals surface area contributed by atoms with Gasteiger partial charge in [-0.3, -0.25) is 0 Å². The van der Waals surface area contributed by atoms with Gasteiger partial charge in [-0.1, -0.05) is 12.1 Å². The van der Waals surface area contributed by atoms with Crippen LogP contribution in [0.5, 0.6) is 0 Å². The Labute approximate surface area is 192 Å². The highest BCUT2D eigenvalue weighted by atomic mass is 19.1. The van der Waals surface area contributed by atoms with E-state index in [1.165, 1.54) is 36.2 Å². The summed E-state index contributed by atoms with van der Waals surface area (Å²) in [6, 6.07) is 15.9. The van der Waals surface area contributed by atoms with E-state index in [2.05, 4.69) is 74.5 Å². The summed E-state index contributed by atoms with van der Waals surface area (Å²) in [5, 5.41) is 12.6. The molecule has 2 aliphatic heterocycles. The van der Waals surface area contributed by atoms with Crippen LogP contribution in [-0.2, 0) is 6.54 Å². The van der Waals surface area contributed by atoms with Gasteiger partial charge >= 0.3 is 0 Å². The minimum atomic E-state index is -0.237. The van der Waals surface area contributed by atoms with E-state index in [0.29, 0.717) is 18.4 Å². The van der Waals surface area contributed by atoms with Crippen molar-refractivity contribution >= 4 is 5.69 Å². The van der Waals surface area contributed by atoms with Gasteiger partial charge in [0.2, 0.25) is 5.82 Å². The first kappa shape index (κ1) is 20.1. The third-order valence-corrected chi connectivity index (χ3v) is 6.96. The Hall–Kier alpha value is -3.52. The van der Waals surface area contributed by atoms with Gasteiger partial charge in [0.1, 0.15) is 5.82 Å². The lowest BCUT2D eigenvalue weighted by Gasteiger charge is -2.36. The quantitative estimate of drug-likeness (QED) is 0.424. The van der Waals surface area contributed by atoms with Crippen molar-refractivity contribution in [2.24, 2.45) is 0 Å². The maximum Gasteiger partial charge on any atom is 0.203 e. The van der Waals surface area contributed by atoms with E-state index < -0.39 is 0 Å². The molecular weight excluding hydrogens is 417 g/mol. The van der Waals surface area contributed by atoms with E-state index in [0.717, 1.165) is 35.6 Å². The summed E-state index contributed by atoms with van der Waals surface area (Å²) in [5.41, 5.74) is 6.36. The number of nitrogens with zero attached hydrogens (tertiary/aromatic N) is 7. The second-order valence-corrected chi connectivity index (χ2v) is 9.16. The van der Waals surface area contributed by atoms with Gasteiger partial charge in [-0.2, -0.15) is 4.68 Å². The number of tetrazole rings is 1. The van der Waals surface area contributed by atoms with Gasteiger partial charge in [0.25, 0.3) is 0 Å². The lowest BCUT2D eigenvalue weighted by Crippen LogP contribution is -2.42. The van der Waals surface area contributed by atoms with Gasteiger partial charge in [-0.15, -0.1) is 5.10 Å². The van der Waals surface area contributed by atoms with Crippen molar-refractivity contribution < 1.29 is 4.39 Å². The van der Waals surface area contributed by atoms with Crippen molar-refractivity contribution in [2.75, 3.05) is 32.1 Å². The molecule has 4 aromatic rings. The third-order valence-electron chi connectivity index (χ3n) is 6.96. The molecule has 1 saturated heterocycles. The van der Waals surface area contributed by atoms with Crippen LogP contribution in [-0.4, -0.2) is 62.9 Å². The third kappa shape index (κ3) is 3.51. The average molecular weight is 444 g/mol. The van der Waals surface area contributed by atoms with Crippen molar-refractivity contribution in [1.29, 1.82) is 0 Å². The molecule has 0 amide bonds. The SMILES string of the molecule is CN(C)C1CCN(c2ccc3c(c2)Cn2cc(-c4ccc(F)cc4)cc2-c2nnnn2-3)CC1. The molecule has 0 atom stereocenters. The van der Waals surface area contributed by atoms with E-state index in [9.17, 15) is 4.39 Å². The summed E-state index contributed by atoms with van der Waals surface area (Å²) in [4.78, 5) is 4.81. The molecule has 0 bridgehead atoms. The van der Waals surface area contributed by atoms with Crippen LogP contribution >= 0.6 is 0 Å². The van der Waals surface area contributed by atoms with E-state index in [1.54, 1.807) is 12.1 Å². The first-order chi connectivity index (χ1) is 16.1. The lowest BCUT2D eigenvalue weighted by atomic mass is 10.0. The number of hydrogen-bond acceptors (Lipinski definition) is 5. The second-order valence-electron chi connectivity index (χ2n) is 9.16. The van der Waals surface area contributed by atoms with E-state index in [-0.39, 0.29) is 5.82 Å². The van der Waals surface area contributed by atoms with E-state index >= 15 is 0 Å². The van der Waals surface area contributed by atoms with Crippen molar-refractivity contribution in [3.05, 3.63) is 66.1 Å². The number of fused-ring (bicyclic) bond motifs is 5. The Morgan fingerprint density at radius 1 is 0.970 bits per heavy atom. The number of aromatic nitrogens is 5. The van der Waals surface area contributed by atoms with Gasteiger partial charge in [0.05, 0.1) is 11.4 Å². The largest absolute Gasteiger partial charge is 0.371 e. The van der Waals surface area contributed by atoms with Crippen molar-refractivity contribution in [1.82, 2.24) is 29.7 Å². The predicted octanol–water partition coefficient (Wildman–Crippen LogP) is 3.83. The molecule has 0 radical (unpaired) electrons. The molecule has 2 aromatic carbocycles. The van der Waals surface area contributed by atoms with Crippen LogP contribution in [0.25, 0.3) is 28.3 Å². The molecule has 6 rings (SSSR count). The zero-order valence-corrected chi connectivity index (χ0v) is 18.8. The Balaban J connectivity index is 1.37. The average Bonchev–Trinajstić information content (AvgIpc) is 3.45. The zero-order valence-electron chi connectivity index (χ0n) is 18.8.